The number of carbonyl (C=O) groups is 1. The maximum absolute atomic E-state index is 11.7. The first-order chi connectivity index (χ1) is 13.7. The van der Waals surface area contributed by atoms with Gasteiger partial charge >= 0.3 is 0 Å². The van der Waals surface area contributed by atoms with E-state index >= 15 is 0 Å². The summed E-state index contributed by atoms with van der Waals surface area (Å²) in [4.78, 5) is 23.2. The number of likely N-dealkylation sites (tertiary alicyclic amines) is 1. The van der Waals surface area contributed by atoms with E-state index in [0.29, 0.717) is 12.3 Å². The van der Waals surface area contributed by atoms with Crippen LogP contribution in [0.5, 0.6) is 5.75 Å². The summed E-state index contributed by atoms with van der Waals surface area (Å²) in [5, 5.41) is 3.42. The van der Waals surface area contributed by atoms with Gasteiger partial charge in [-0.2, -0.15) is 0 Å². The van der Waals surface area contributed by atoms with Gasteiger partial charge in [0.1, 0.15) is 5.75 Å². The highest BCUT2D eigenvalue weighted by atomic mass is 16.5. The van der Waals surface area contributed by atoms with Crippen LogP contribution in [0.3, 0.4) is 0 Å². The Morgan fingerprint density at radius 2 is 1.96 bits per heavy atom. The van der Waals surface area contributed by atoms with Crippen molar-refractivity contribution in [3.63, 3.8) is 0 Å². The number of hydrogen-bond acceptors (Lipinski definition) is 4. The Morgan fingerprint density at radius 3 is 2.64 bits per heavy atom. The summed E-state index contributed by atoms with van der Waals surface area (Å²) >= 11 is 0. The predicted octanol–water partition coefficient (Wildman–Crippen LogP) is 1.80. The maximum atomic E-state index is 11.7. The summed E-state index contributed by atoms with van der Waals surface area (Å²) in [5.74, 6) is 2.20. The van der Waals surface area contributed by atoms with E-state index in [-0.39, 0.29) is 0 Å². The third kappa shape index (κ3) is 5.09. The van der Waals surface area contributed by atoms with Gasteiger partial charge in [-0.15, -0.1) is 0 Å². The summed E-state index contributed by atoms with van der Waals surface area (Å²) in [7, 11) is 1.72. The number of anilines is 1. The molecular weight excluding hydrogens is 354 g/mol. The highest BCUT2D eigenvalue weighted by Crippen LogP contribution is 2.28. The van der Waals surface area contributed by atoms with Crippen molar-refractivity contribution >= 4 is 17.6 Å². The van der Waals surface area contributed by atoms with E-state index in [9.17, 15) is 4.79 Å². The Hall–Kier alpha value is -2.44. The normalized spacial score (nSPS) is 18.0. The molecule has 3 rings (SSSR count). The molecule has 1 amide bonds. The fourth-order valence-corrected chi connectivity index (χ4v) is 3.86. The number of ether oxygens (including phenoxy) is 1. The van der Waals surface area contributed by atoms with Crippen molar-refractivity contribution in [1.82, 2.24) is 15.1 Å². The number of nitrogens with one attached hydrogen (secondary N) is 1. The first-order valence-electron chi connectivity index (χ1n) is 10.4. The number of para-hydroxylation sites is 2. The molecule has 2 saturated heterocycles. The maximum Gasteiger partial charge on any atom is 0.222 e. The standard InChI is InChI=1S/C21H33N5O2/c1-3-22-21(23-11-7-13-25-12-6-10-20(25)27)26-16-14-24(15-17-26)18-8-4-5-9-19(18)28-2/h4-5,8-9H,3,6-7,10-17H2,1-2H3,(H,22,23). The summed E-state index contributed by atoms with van der Waals surface area (Å²) in [6.45, 7) is 9.17. The van der Waals surface area contributed by atoms with E-state index in [1.54, 1.807) is 7.11 Å². The van der Waals surface area contributed by atoms with Crippen molar-refractivity contribution < 1.29 is 9.53 Å². The van der Waals surface area contributed by atoms with Crippen molar-refractivity contribution in [3.05, 3.63) is 24.3 Å². The first-order valence-corrected chi connectivity index (χ1v) is 10.4. The van der Waals surface area contributed by atoms with Gasteiger partial charge in [-0.05, 0) is 31.9 Å². The van der Waals surface area contributed by atoms with Gasteiger partial charge in [0, 0.05) is 58.8 Å². The number of amides is 1. The van der Waals surface area contributed by atoms with E-state index in [4.69, 9.17) is 9.73 Å². The molecule has 154 valence electrons. The molecule has 1 N–H and O–H groups in total. The largest absolute Gasteiger partial charge is 0.495 e. The van der Waals surface area contributed by atoms with Crippen molar-refractivity contribution in [2.24, 2.45) is 4.99 Å². The molecule has 0 aromatic heterocycles. The zero-order valence-electron chi connectivity index (χ0n) is 17.2. The monoisotopic (exact) mass is 387 g/mol. The fourth-order valence-electron chi connectivity index (χ4n) is 3.86. The van der Waals surface area contributed by atoms with Crippen LogP contribution in [-0.4, -0.2) is 81.1 Å². The zero-order chi connectivity index (χ0) is 19.8. The molecule has 2 heterocycles. The lowest BCUT2D eigenvalue weighted by molar-refractivity contribution is -0.127. The van der Waals surface area contributed by atoms with Gasteiger partial charge in [-0.3, -0.25) is 9.79 Å². The minimum absolute atomic E-state index is 0.295. The fraction of sp³-hybridized carbons (Fsp3) is 0.619. The van der Waals surface area contributed by atoms with Crippen LogP contribution in [0.1, 0.15) is 26.2 Å². The summed E-state index contributed by atoms with van der Waals surface area (Å²) < 4.78 is 5.51. The number of nitrogens with zero attached hydrogens (tertiary/aromatic N) is 4. The quantitative estimate of drug-likeness (QED) is 0.439. The summed E-state index contributed by atoms with van der Waals surface area (Å²) in [6, 6.07) is 8.19. The van der Waals surface area contributed by atoms with Crippen molar-refractivity contribution in [1.29, 1.82) is 0 Å². The predicted molar refractivity (Wildman–Crippen MR) is 113 cm³/mol. The molecular formula is C21H33N5O2. The van der Waals surface area contributed by atoms with Crippen LogP contribution in [0.15, 0.2) is 29.3 Å². The Bertz CT molecular complexity index is 671. The number of hydrogen-bond donors (Lipinski definition) is 1. The van der Waals surface area contributed by atoms with Crippen LogP contribution >= 0.6 is 0 Å². The third-order valence-electron chi connectivity index (χ3n) is 5.36. The second kappa shape index (κ2) is 10.2. The number of guanidine groups is 1. The lowest BCUT2D eigenvalue weighted by atomic mass is 10.2. The Morgan fingerprint density at radius 1 is 1.18 bits per heavy atom. The molecule has 0 unspecified atom stereocenters. The number of methoxy groups -OCH3 is 1. The Balaban J connectivity index is 1.51. The molecule has 1 aromatic rings. The molecule has 0 aliphatic carbocycles. The van der Waals surface area contributed by atoms with Crippen molar-refractivity contribution in [2.45, 2.75) is 26.2 Å². The molecule has 0 saturated carbocycles. The number of aliphatic imine (C=N–C) groups is 1. The lowest BCUT2D eigenvalue weighted by Gasteiger charge is -2.38. The molecule has 0 atom stereocenters. The molecule has 7 nitrogen and oxygen atoms in total. The van der Waals surface area contributed by atoms with E-state index in [0.717, 1.165) is 82.6 Å². The molecule has 2 aliphatic heterocycles. The first kappa shape index (κ1) is 20.3. The average Bonchev–Trinajstić information content (AvgIpc) is 3.15. The second-order valence-electron chi connectivity index (χ2n) is 7.22. The van der Waals surface area contributed by atoms with Gasteiger partial charge in [0.25, 0.3) is 0 Å². The number of benzene rings is 1. The smallest absolute Gasteiger partial charge is 0.222 e. The zero-order valence-corrected chi connectivity index (χ0v) is 17.2. The van der Waals surface area contributed by atoms with Gasteiger partial charge in [-0.1, -0.05) is 12.1 Å². The van der Waals surface area contributed by atoms with E-state index < -0.39 is 0 Å². The van der Waals surface area contributed by atoms with Gasteiger partial charge in [0.15, 0.2) is 5.96 Å². The second-order valence-corrected chi connectivity index (χ2v) is 7.22. The minimum Gasteiger partial charge on any atom is -0.495 e. The van der Waals surface area contributed by atoms with Gasteiger partial charge in [-0.25, -0.2) is 0 Å². The van der Waals surface area contributed by atoms with Gasteiger partial charge in [0.2, 0.25) is 5.91 Å². The Kier molecular flexibility index (Phi) is 7.39. The van der Waals surface area contributed by atoms with Crippen LogP contribution < -0.4 is 15.0 Å². The van der Waals surface area contributed by atoms with E-state index in [1.807, 2.05) is 17.0 Å². The molecule has 0 radical (unpaired) electrons. The molecule has 1 aromatic carbocycles. The number of piperazine rings is 1. The molecule has 0 spiro atoms. The highest BCUT2D eigenvalue weighted by Gasteiger charge is 2.22. The lowest BCUT2D eigenvalue weighted by Crippen LogP contribution is -2.52. The average molecular weight is 388 g/mol. The molecule has 28 heavy (non-hydrogen) atoms. The topological polar surface area (TPSA) is 60.4 Å². The van der Waals surface area contributed by atoms with Crippen molar-refractivity contribution in [3.8, 4) is 5.75 Å². The minimum atomic E-state index is 0.295. The van der Waals surface area contributed by atoms with Crippen LogP contribution in [0.4, 0.5) is 5.69 Å². The van der Waals surface area contributed by atoms with E-state index in [1.165, 1.54) is 0 Å². The highest BCUT2D eigenvalue weighted by molar-refractivity contribution is 5.80. The van der Waals surface area contributed by atoms with Crippen LogP contribution in [0, 0.1) is 0 Å². The van der Waals surface area contributed by atoms with Crippen LogP contribution in [0.25, 0.3) is 0 Å². The van der Waals surface area contributed by atoms with Gasteiger partial charge in [0.05, 0.1) is 12.8 Å². The molecule has 0 bridgehead atoms. The molecule has 7 heteroatoms. The summed E-state index contributed by atoms with van der Waals surface area (Å²) in [5.41, 5.74) is 1.15. The van der Waals surface area contributed by atoms with Crippen LogP contribution in [0.2, 0.25) is 0 Å². The third-order valence-corrected chi connectivity index (χ3v) is 5.36. The van der Waals surface area contributed by atoms with Crippen LogP contribution in [-0.2, 0) is 4.79 Å². The van der Waals surface area contributed by atoms with Crippen molar-refractivity contribution in [2.75, 3.05) is 64.4 Å². The molecule has 2 aliphatic rings. The van der Waals surface area contributed by atoms with E-state index in [2.05, 4.69) is 34.2 Å². The van der Waals surface area contributed by atoms with Gasteiger partial charge < -0.3 is 24.8 Å². The number of rotatable bonds is 7. The molecule has 2 fully saturated rings. The summed E-state index contributed by atoms with van der Waals surface area (Å²) in [6.07, 6.45) is 2.63. The number of carbonyl (C=O) groups excluding carboxylic acids is 1. The SMILES string of the molecule is CCNC(=NCCCN1CCCC1=O)N1CCN(c2ccccc2OC)CC1. The Labute approximate surface area is 168 Å².